The molecule has 5 rings (SSSR count). The van der Waals surface area contributed by atoms with Gasteiger partial charge in [0.2, 0.25) is 0 Å². The van der Waals surface area contributed by atoms with E-state index in [2.05, 4.69) is 22.5 Å². The third-order valence-corrected chi connectivity index (χ3v) is 7.42. The van der Waals surface area contributed by atoms with Gasteiger partial charge in [-0.1, -0.05) is 48.5 Å². The second kappa shape index (κ2) is 9.46. The number of ether oxygens (including phenoxy) is 1. The van der Waals surface area contributed by atoms with E-state index in [1.165, 1.54) is 27.5 Å². The SMILES string of the molecule is Cn1cc(C(=O)N2CCSC(C(=O)O)C2)c(NC(=O)OCC2c3ccccc3-c3ccccc32)n1. The highest BCUT2D eigenvalue weighted by Crippen LogP contribution is 2.44. The van der Waals surface area contributed by atoms with Crippen molar-refractivity contribution in [2.45, 2.75) is 11.2 Å². The molecular weight excluding hydrogens is 468 g/mol. The largest absolute Gasteiger partial charge is 0.480 e. The normalized spacial score (nSPS) is 16.9. The number of hydrogen-bond acceptors (Lipinski definition) is 6. The molecule has 1 aliphatic carbocycles. The van der Waals surface area contributed by atoms with E-state index in [-0.39, 0.29) is 36.4 Å². The number of benzene rings is 2. The Bertz CT molecular complexity index is 1260. The minimum Gasteiger partial charge on any atom is -0.480 e. The number of nitrogens with one attached hydrogen (secondary N) is 1. The van der Waals surface area contributed by atoms with Crippen molar-refractivity contribution in [3.05, 3.63) is 71.4 Å². The topological polar surface area (TPSA) is 114 Å². The van der Waals surface area contributed by atoms with E-state index < -0.39 is 17.3 Å². The third-order valence-electron chi connectivity index (χ3n) is 6.25. The Morgan fingerprint density at radius 2 is 1.77 bits per heavy atom. The van der Waals surface area contributed by atoms with Crippen molar-refractivity contribution >= 4 is 35.5 Å². The average molecular weight is 493 g/mol. The molecule has 2 aliphatic rings. The third kappa shape index (κ3) is 4.49. The molecule has 35 heavy (non-hydrogen) atoms. The molecule has 0 radical (unpaired) electrons. The first-order valence-corrected chi connectivity index (χ1v) is 12.3. The van der Waals surface area contributed by atoms with Gasteiger partial charge in [-0.2, -0.15) is 5.10 Å². The molecule has 2 N–H and O–H groups in total. The van der Waals surface area contributed by atoms with Gasteiger partial charge in [0.1, 0.15) is 17.4 Å². The fourth-order valence-electron chi connectivity index (χ4n) is 4.62. The first kappa shape index (κ1) is 23.0. The van der Waals surface area contributed by atoms with Crippen LogP contribution in [0.3, 0.4) is 0 Å². The van der Waals surface area contributed by atoms with Crippen LogP contribution >= 0.6 is 11.8 Å². The number of nitrogens with zero attached hydrogens (tertiary/aromatic N) is 3. The van der Waals surface area contributed by atoms with Crippen molar-refractivity contribution < 1.29 is 24.2 Å². The summed E-state index contributed by atoms with van der Waals surface area (Å²) in [6, 6.07) is 16.1. The highest BCUT2D eigenvalue weighted by Gasteiger charge is 2.32. The number of aryl methyl sites for hydroxylation is 1. The quantitative estimate of drug-likeness (QED) is 0.561. The molecule has 9 nitrogen and oxygen atoms in total. The molecular formula is C25H24N4O5S. The first-order valence-electron chi connectivity index (χ1n) is 11.2. The number of aromatic nitrogens is 2. The minimum absolute atomic E-state index is 0.0832. The fraction of sp³-hybridized carbons (Fsp3) is 0.280. The van der Waals surface area contributed by atoms with Gasteiger partial charge >= 0.3 is 12.1 Å². The molecule has 2 heterocycles. The zero-order chi connectivity index (χ0) is 24.5. The van der Waals surface area contributed by atoms with Crippen molar-refractivity contribution in [2.75, 3.05) is 30.8 Å². The van der Waals surface area contributed by atoms with Crippen LogP contribution in [0.4, 0.5) is 10.6 Å². The van der Waals surface area contributed by atoms with Crippen molar-refractivity contribution in [2.24, 2.45) is 7.05 Å². The van der Waals surface area contributed by atoms with E-state index >= 15 is 0 Å². The summed E-state index contributed by atoms with van der Waals surface area (Å²) in [7, 11) is 1.64. The van der Waals surface area contributed by atoms with Gasteiger partial charge in [0.15, 0.2) is 5.82 Å². The summed E-state index contributed by atoms with van der Waals surface area (Å²) in [6.45, 7) is 0.657. The summed E-state index contributed by atoms with van der Waals surface area (Å²) in [5.74, 6) is -0.802. The van der Waals surface area contributed by atoms with E-state index in [1.807, 2.05) is 36.4 Å². The summed E-state index contributed by atoms with van der Waals surface area (Å²) in [5, 5.41) is 15.4. The molecule has 0 spiro atoms. The molecule has 1 aromatic heterocycles. The lowest BCUT2D eigenvalue weighted by Crippen LogP contribution is -2.44. The molecule has 1 aliphatic heterocycles. The smallest absolute Gasteiger partial charge is 0.412 e. The molecule has 1 atom stereocenters. The van der Waals surface area contributed by atoms with Crippen LogP contribution in [0.5, 0.6) is 0 Å². The maximum atomic E-state index is 13.1. The van der Waals surface area contributed by atoms with Crippen LogP contribution in [0.2, 0.25) is 0 Å². The summed E-state index contributed by atoms with van der Waals surface area (Å²) in [6.07, 6.45) is 0.802. The molecule has 10 heteroatoms. The number of amides is 2. The highest BCUT2D eigenvalue weighted by atomic mass is 32.2. The van der Waals surface area contributed by atoms with Gasteiger partial charge < -0.3 is 14.7 Å². The van der Waals surface area contributed by atoms with E-state index in [0.717, 1.165) is 22.3 Å². The van der Waals surface area contributed by atoms with Crippen LogP contribution in [0, 0.1) is 0 Å². The molecule has 180 valence electrons. The van der Waals surface area contributed by atoms with Gasteiger partial charge in [-0.05, 0) is 22.3 Å². The van der Waals surface area contributed by atoms with E-state index in [1.54, 1.807) is 7.05 Å². The lowest BCUT2D eigenvalue weighted by atomic mass is 9.98. The van der Waals surface area contributed by atoms with Crippen LogP contribution in [0.15, 0.2) is 54.7 Å². The summed E-state index contributed by atoms with van der Waals surface area (Å²) >= 11 is 1.31. The van der Waals surface area contributed by atoms with E-state index in [0.29, 0.717) is 12.3 Å². The van der Waals surface area contributed by atoms with Crippen molar-refractivity contribution in [1.29, 1.82) is 0 Å². The number of fused-ring (bicyclic) bond motifs is 3. The van der Waals surface area contributed by atoms with Crippen LogP contribution < -0.4 is 5.32 Å². The Hall–Kier alpha value is -3.79. The summed E-state index contributed by atoms with van der Waals surface area (Å²) in [4.78, 5) is 38.7. The van der Waals surface area contributed by atoms with Crippen molar-refractivity contribution in [3.63, 3.8) is 0 Å². The van der Waals surface area contributed by atoms with Crippen LogP contribution in [-0.2, 0) is 16.6 Å². The predicted molar refractivity (Wildman–Crippen MR) is 132 cm³/mol. The van der Waals surface area contributed by atoms with Crippen molar-refractivity contribution in [3.8, 4) is 11.1 Å². The Kier molecular flexibility index (Phi) is 6.21. The van der Waals surface area contributed by atoms with Crippen LogP contribution in [0.25, 0.3) is 11.1 Å². The molecule has 3 aromatic rings. The minimum atomic E-state index is -0.948. The van der Waals surface area contributed by atoms with E-state index in [4.69, 9.17) is 4.74 Å². The number of aliphatic carboxylic acids is 1. The van der Waals surface area contributed by atoms with Gasteiger partial charge in [0.25, 0.3) is 5.91 Å². The van der Waals surface area contributed by atoms with Crippen LogP contribution in [-0.4, -0.2) is 68.5 Å². The predicted octanol–water partition coefficient (Wildman–Crippen LogP) is 3.42. The summed E-state index contributed by atoms with van der Waals surface area (Å²) < 4.78 is 7.01. The number of carboxylic acids is 1. The van der Waals surface area contributed by atoms with Gasteiger partial charge in [0, 0.05) is 38.0 Å². The monoisotopic (exact) mass is 492 g/mol. The lowest BCUT2D eigenvalue weighted by Gasteiger charge is -2.30. The number of thioether (sulfide) groups is 1. The Morgan fingerprint density at radius 1 is 1.11 bits per heavy atom. The number of carboxylic acid groups (broad SMARTS) is 1. The standard InChI is InChI=1S/C25H24N4O5S/c1-28-12-19(23(30)29-10-11-35-21(13-29)24(31)32)22(27-28)26-25(33)34-14-20-17-8-4-2-6-15(17)16-7-3-5-9-18(16)20/h2-9,12,20-21H,10-11,13-14H2,1H3,(H,31,32)(H,26,27,33). The highest BCUT2D eigenvalue weighted by molar-refractivity contribution is 8.00. The first-order chi connectivity index (χ1) is 16.9. The maximum absolute atomic E-state index is 13.1. The molecule has 2 aromatic carbocycles. The lowest BCUT2D eigenvalue weighted by molar-refractivity contribution is -0.136. The second-order valence-corrected chi connectivity index (χ2v) is 9.78. The maximum Gasteiger partial charge on any atom is 0.412 e. The molecule has 1 saturated heterocycles. The van der Waals surface area contributed by atoms with Crippen LogP contribution in [0.1, 0.15) is 27.4 Å². The number of hydrogen-bond donors (Lipinski definition) is 2. The van der Waals surface area contributed by atoms with E-state index in [9.17, 15) is 19.5 Å². The molecule has 1 unspecified atom stereocenters. The number of carbonyl (C=O) groups excluding carboxylic acids is 2. The zero-order valence-electron chi connectivity index (χ0n) is 19.0. The van der Waals surface area contributed by atoms with Gasteiger partial charge in [-0.3, -0.25) is 19.6 Å². The molecule has 1 fully saturated rings. The average Bonchev–Trinajstić information content (AvgIpc) is 3.39. The Balaban J connectivity index is 1.28. The van der Waals surface area contributed by atoms with Gasteiger partial charge in [0.05, 0.1) is 0 Å². The molecule has 0 saturated carbocycles. The number of carbonyl (C=O) groups is 3. The van der Waals surface area contributed by atoms with Crippen molar-refractivity contribution in [1.82, 2.24) is 14.7 Å². The molecule has 2 amide bonds. The fourth-order valence-corrected chi connectivity index (χ4v) is 5.66. The molecule has 0 bridgehead atoms. The second-order valence-electron chi connectivity index (χ2n) is 8.46. The number of rotatable bonds is 5. The Labute approximate surface area is 206 Å². The van der Waals surface area contributed by atoms with Gasteiger partial charge in [-0.15, -0.1) is 11.8 Å². The zero-order valence-corrected chi connectivity index (χ0v) is 19.8. The number of anilines is 1. The Morgan fingerprint density at radius 3 is 2.43 bits per heavy atom. The van der Waals surface area contributed by atoms with Gasteiger partial charge in [-0.25, -0.2) is 4.79 Å². The summed E-state index contributed by atoms with van der Waals surface area (Å²) in [5.41, 5.74) is 4.66.